The van der Waals surface area contributed by atoms with Crippen LogP contribution in [-0.4, -0.2) is 16.4 Å². The van der Waals surface area contributed by atoms with Gasteiger partial charge in [0.15, 0.2) is 0 Å². The maximum absolute atomic E-state index is 9.92. The molecule has 0 radical (unpaired) electrons. The second-order valence-electron chi connectivity index (χ2n) is 1.89. The first-order valence-corrected chi connectivity index (χ1v) is 3.13. The Labute approximate surface area is 64.0 Å². The molecule has 1 aromatic heterocycles. The summed E-state index contributed by atoms with van der Waals surface area (Å²) in [5.74, 6) is 0. The number of carbonyl (C=O) groups is 1. The average Bonchev–Trinajstić information content (AvgIpc) is 2.39. The van der Waals surface area contributed by atoms with Crippen molar-refractivity contribution in [3.05, 3.63) is 30.6 Å². The monoisotopic (exact) mass is 152 g/mol. The zero-order valence-electron chi connectivity index (χ0n) is 5.93. The molecule has 0 saturated heterocycles. The SMILES string of the molecule is C=CCc1ccnn1OC=O. The van der Waals surface area contributed by atoms with Crippen molar-refractivity contribution in [3.8, 4) is 0 Å². The summed E-state index contributed by atoms with van der Waals surface area (Å²) in [6.45, 7) is 3.88. The van der Waals surface area contributed by atoms with Crippen LogP contribution in [0.1, 0.15) is 5.69 Å². The van der Waals surface area contributed by atoms with Gasteiger partial charge in [0.2, 0.25) is 0 Å². The minimum Gasteiger partial charge on any atom is -0.322 e. The lowest BCUT2D eigenvalue weighted by Crippen LogP contribution is -2.13. The fourth-order valence-corrected chi connectivity index (χ4v) is 0.748. The molecule has 0 saturated carbocycles. The van der Waals surface area contributed by atoms with Gasteiger partial charge in [-0.1, -0.05) is 10.9 Å². The van der Waals surface area contributed by atoms with Crippen LogP contribution in [0.2, 0.25) is 0 Å². The van der Waals surface area contributed by atoms with Gasteiger partial charge in [-0.05, 0) is 6.07 Å². The standard InChI is InChI=1S/C7H8N2O2/c1-2-3-7-4-5-8-9(7)11-6-10/h2,4-6H,1,3H2. The molecule has 0 atom stereocenters. The Kier molecular flexibility index (Phi) is 2.43. The predicted molar refractivity (Wildman–Crippen MR) is 38.8 cm³/mol. The number of nitrogens with zero attached hydrogens (tertiary/aromatic N) is 2. The van der Waals surface area contributed by atoms with Crippen LogP contribution in [-0.2, 0) is 11.2 Å². The van der Waals surface area contributed by atoms with E-state index in [1.165, 1.54) is 0 Å². The smallest absolute Gasteiger partial charge is 0.322 e. The van der Waals surface area contributed by atoms with Crippen molar-refractivity contribution < 1.29 is 9.63 Å². The van der Waals surface area contributed by atoms with Crippen molar-refractivity contribution in [2.75, 3.05) is 0 Å². The van der Waals surface area contributed by atoms with E-state index in [2.05, 4.69) is 16.5 Å². The van der Waals surface area contributed by atoms with Gasteiger partial charge in [0.25, 0.3) is 0 Å². The highest BCUT2D eigenvalue weighted by atomic mass is 16.7. The summed E-state index contributed by atoms with van der Waals surface area (Å²) in [6.07, 6.45) is 3.90. The molecule has 4 heteroatoms. The van der Waals surface area contributed by atoms with Gasteiger partial charge in [-0.15, -0.1) is 11.7 Å². The first-order valence-electron chi connectivity index (χ1n) is 3.13. The lowest BCUT2D eigenvalue weighted by molar-refractivity contribution is -0.130. The number of rotatable bonds is 4. The molecule has 0 N–H and O–H groups in total. The maximum atomic E-state index is 9.92. The molecular weight excluding hydrogens is 144 g/mol. The molecular formula is C7H8N2O2. The van der Waals surface area contributed by atoms with Crippen molar-refractivity contribution in [2.45, 2.75) is 6.42 Å². The quantitative estimate of drug-likeness (QED) is 0.457. The lowest BCUT2D eigenvalue weighted by Gasteiger charge is -1.98. The average molecular weight is 152 g/mol. The number of carbonyl (C=O) groups excluding carboxylic acids is 1. The van der Waals surface area contributed by atoms with Gasteiger partial charge in [0.1, 0.15) is 0 Å². The third-order valence-electron chi connectivity index (χ3n) is 1.18. The van der Waals surface area contributed by atoms with E-state index in [0.717, 1.165) is 10.5 Å². The van der Waals surface area contributed by atoms with Gasteiger partial charge in [-0.2, -0.15) is 0 Å². The Bertz CT molecular complexity index is 230. The zero-order chi connectivity index (χ0) is 8.10. The molecule has 0 fully saturated rings. The van der Waals surface area contributed by atoms with Crippen LogP contribution < -0.4 is 4.84 Å². The molecule has 0 amide bonds. The highest BCUT2D eigenvalue weighted by molar-refractivity contribution is 5.37. The van der Waals surface area contributed by atoms with Crippen LogP contribution in [0.25, 0.3) is 0 Å². The molecule has 0 unspecified atom stereocenters. The first-order chi connectivity index (χ1) is 5.38. The van der Waals surface area contributed by atoms with Crippen molar-refractivity contribution in [1.29, 1.82) is 0 Å². The van der Waals surface area contributed by atoms with E-state index in [-0.39, 0.29) is 0 Å². The summed E-state index contributed by atoms with van der Waals surface area (Å²) in [6, 6.07) is 1.76. The van der Waals surface area contributed by atoms with Gasteiger partial charge >= 0.3 is 6.47 Å². The minimum atomic E-state index is 0.333. The van der Waals surface area contributed by atoms with Gasteiger partial charge in [0, 0.05) is 6.42 Å². The van der Waals surface area contributed by atoms with Crippen LogP contribution >= 0.6 is 0 Å². The van der Waals surface area contributed by atoms with E-state index in [9.17, 15) is 4.79 Å². The Hall–Kier alpha value is -1.58. The summed E-state index contributed by atoms with van der Waals surface area (Å²) >= 11 is 0. The molecule has 58 valence electrons. The molecule has 1 rings (SSSR count). The van der Waals surface area contributed by atoms with E-state index < -0.39 is 0 Å². The summed E-state index contributed by atoms with van der Waals surface area (Å²) in [5.41, 5.74) is 0.798. The fourth-order valence-electron chi connectivity index (χ4n) is 0.748. The van der Waals surface area contributed by atoms with Crippen LogP contribution in [0.15, 0.2) is 24.9 Å². The third-order valence-corrected chi connectivity index (χ3v) is 1.18. The van der Waals surface area contributed by atoms with Gasteiger partial charge in [-0.25, -0.2) is 0 Å². The second-order valence-corrected chi connectivity index (χ2v) is 1.89. The van der Waals surface area contributed by atoms with Crippen molar-refractivity contribution in [3.63, 3.8) is 0 Å². The number of allylic oxidation sites excluding steroid dienone is 1. The van der Waals surface area contributed by atoms with Gasteiger partial charge < -0.3 is 4.84 Å². The maximum Gasteiger partial charge on any atom is 0.323 e. The number of hydrogen-bond acceptors (Lipinski definition) is 3. The van der Waals surface area contributed by atoms with E-state index >= 15 is 0 Å². The summed E-state index contributed by atoms with van der Waals surface area (Å²) < 4.78 is 0. The van der Waals surface area contributed by atoms with Crippen molar-refractivity contribution in [1.82, 2.24) is 9.94 Å². The molecule has 0 aliphatic rings. The molecule has 1 heterocycles. The molecule has 0 spiro atoms. The molecule has 0 aromatic carbocycles. The lowest BCUT2D eigenvalue weighted by atomic mass is 10.3. The molecule has 4 nitrogen and oxygen atoms in total. The van der Waals surface area contributed by atoms with Crippen LogP contribution in [0.4, 0.5) is 0 Å². The van der Waals surface area contributed by atoms with Gasteiger partial charge in [0.05, 0.1) is 11.9 Å². The highest BCUT2D eigenvalue weighted by Gasteiger charge is 1.98. The topological polar surface area (TPSA) is 44.1 Å². The Morgan fingerprint density at radius 2 is 2.64 bits per heavy atom. The molecule has 11 heavy (non-hydrogen) atoms. The van der Waals surface area contributed by atoms with Gasteiger partial charge in [-0.3, -0.25) is 4.79 Å². The molecule has 0 aliphatic carbocycles. The number of aromatic nitrogens is 2. The highest BCUT2D eigenvalue weighted by Crippen LogP contribution is 1.97. The second kappa shape index (κ2) is 3.55. The predicted octanol–water partition coefficient (Wildman–Crippen LogP) is 0.197. The molecule has 0 aliphatic heterocycles. The third kappa shape index (κ3) is 1.67. The van der Waals surface area contributed by atoms with E-state index in [0.29, 0.717) is 12.9 Å². The number of hydrogen-bond donors (Lipinski definition) is 0. The first kappa shape index (κ1) is 7.53. The zero-order valence-corrected chi connectivity index (χ0v) is 5.93. The Morgan fingerprint density at radius 1 is 1.82 bits per heavy atom. The Morgan fingerprint density at radius 3 is 3.27 bits per heavy atom. The summed E-state index contributed by atoms with van der Waals surface area (Å²) in [4.78, 5) is 15.6. The summed E-state index contributed by atoms with van der Waals surface area (Å²) in [7, 11) is 0. The molecule has 1 aromatic rings. The van der Waals surface area contributed by atoms with Crippen LogP contribution in [0.3, 0.4) is 0 Å². The van der Waals surface area contributed by atoms with E-state index in [4.69, 9.17) is 0 Å². The summed E-state index contributed by atoms with van der Waals surface area (Å²) in [5, 5.41) is 3.74. The normalized spacial score (nSPS) is 9.09. The van der Waals surface area contributed by atoms with Crippen molar-refractivity contribution >= 4 is 6.47 Å². The van der Waals surface area contributed by atoms with E-state index in [1.807, 2.05) is 0 Å². The minimum absolute atomic E-state index is 0.333. The van der Waals surface area contributed by atoms with Crippen LogP contribution in [0.5, 0.6) is 0 Å². The van der Waals surface area contributed by atoms with Crippen LogP contribution in [0, 0.1) is 0 Å². The van der Waals surface area contributed by atoms with E-state index in [1.54, 1.807) is 18.3 Å². The Balaban J connectivity index is 2.76. The fraction of sp³-hybridized carbons (Fsp3) is 0.143. The largest absolute Gasteiger partial charge is 0.323 e. The van der Waals surface area contributed by atoms with Crippen molar-refractivity contribution in [2.24, 2.45) is 0 Å². The molecule has 0 bridgehead atoms.